The standard InChI is InChI=1S/C24H29N3O3S/c1-2-3-16-30-21-13-6-5-12-20(21)22(28)26-24(31)25-19-11-9-10-18(17-19)23(29)27-14-7-4-8-15-27/h5-6,9-13,17H,2-4,7-8,14-16H2,1H3,(H2,25,26,28,31). The number of carbonyl (C=O) groups excluding carboxylic acids is 2. The Morgan fingerprint density at radius 3 is 2.61 bits per heavy atom. The zero-order valence-corrected chi connectivity index (χ0v) is 18.7. The average Bonchev–Trinajstić information content (AvgIpc) is 2.79. The minimum atomic E-state index is -0.342. The fourth-order valence-corrected chi connectivity index (χ4v) is 3.66. The largest absolute Gasteiger partial charge is 0.493 e. The van der Waals surface area contributed by atoms with Crippen molar-refractivity contribution in [2.45, 2.75) is 39.0 Å². The van der Waals surface area contributed by atoms with Crippen LogP contribution in [0.3, 0.4) is 0 Å². The van der Waals surface area contributed by atoms with Crippen LogP contribution in [0.15, 0.2) is 48.5 Å². The van der Waals surface area contributed by atoms with Gasteiger partial charge in [0, 0.05) is 24.3 Å². The first-order chi connectivity index (χ1) is 15.1. The molecule has 0 aliphatic carbocycles. The van der Waals surface area contributed by atoms with E-state index in [1.54, 1.807) is 36.4 Å². The van der Waals surface area contributed by atoms with Crippen molar-refractivity contribution >= 4 is 34.8 Å². The Kier molecular flexibility index (Phi) is 8.41. The molecule has 2 aromatic carbocycles. The Balaban J connectivity index is 1.61. The van der Waals surface area contributed by atoms with Gasteiger partial charge in [-0.2, -0.15) is 0 Å². The van der Waals surface area contributed by atoms with Crippen LogP contribution in [0, 0.1) is 0 Å². The Bertz CT molecular complexity index is 926. The van der Waals surface area contributed by atoms with Gasteiger partial charge in [0.05, 0.1) is 12.2 Å². The van der Waals surface area contributed by atoms with Gasteiger partial charge in [0.15, 0.2) is 5.11 Å². The number of anilines is 1. The number of ether oxygens (including phenoxy) is 1. The second-order valence-corrected chi connectivity index (χ2v) is 7.95. The molecular weight excluding hydrogens is 410 g/mol. The highest BCUT2D eigenvalue weighted by Crippen LogP contribution is 2.19. The second-order valence-electron chi connectivity index (χ2n) is 7.54. The summed E-state index contributed by atoms with van der Waals surface area (Å²) in [4.78, 5) is 27.3. The summed E-state index contributed by atoms with van der Waals surface area (Å²) in [6.07, 6.45) is 5.20. The van der Waals surface area contributed by atoms with E-state index in [9.17, 15) is 9.59 Å². The molecule has 1 saturated heterocycles. The molecule has 0 spiro atoms. The topological polar surface area (TPSA) is 70.7 Å². The van der Waals surface area contributed by atoms with E-state index in [1.807, 2.05) is 17.0 Å². The number of likely N-dealkylation sites (tertiary alicyclic amines) is 1. The van der Waals surface area contributed by atoms with Crippen molar-refractivity contribution in [3.8, 4) is 5.75 Å². The highest BCUT2D eigenvalue weighted by atomic mass is 32.1. The van der Waals surface area contributed by atoms with E-state index in [2.05, 4.69) is 17.6 Å². The predicted octanol–water partition coefficient (Wildman–Crippen LogP) is 4.62. The van der Waals surface area contributed by atoms with Crippen LogP contribution in [0.4, 0.5) is 5.69 Å². The van der Waals surface area contributed by atoms with Crippen molar-refractivity contribution < 1.29 is 14.3 Å². The van der Waals surface area contributed by atoms with Gasteiger partial charge in [-0.1, -0.05) is 31.5 Å². The molecule has 7 heteroatoms. The van der Waals surface area contributed by atoms with Crippen LogP contribution in [-0.2, 0) is 0 Å². The molecule has 0 unspecified atom stereocenters. The normalized spacial score (nSPS) is 13.4. The summed E-state index contributed by atoms with van der Waals surface area (Å²) in [6.45, 7) is 4.23. The van der Waals surface area contributed by atoms with Crippen LogP contribution >= 0.6 is 12.2 Å². The highest BCUT2D eigenvalue weighted by molar-refractivity contribution is 7.80. The Hall–Kier alpha value is -2.93. The predicted molar refractivity (Wildman–Crippen MR) is 127 cm³/mol. The Morgan fingerprint density at radius 2 is 1.84 bits per heavy atom. The molecule has 0 radical (unpaired) electrons. The molecule has 1 aliphatic heterocycles. The fraction of sp³-hybridized carbons (Fsp3) is 0.375. The van der Waals surface area contributed by atoms with Gasteiger partial charge in [0.2, 0.25) is 0 Å². The van der Waals surface area contributed by atoms with Crippen LogP contribution in [0.2, 0.25) is 0 Å². The molecule has 2 N–H and O–H groups in total. The first kappa shape index (κ1) is 22.7. The second kappa shape index (κ2) is 11.5. The van der Waals surface area contributed by atoms with E-state index < -0.39 is 0 Å². The van der Waals surface area contributed by atoms with E-state index in [1.165, 1.54) is 6.42 Å². The highest BCUT2D eigenvalue weighted by Gasteiger charge is 2.19. The van der Waals surface area contributed by atoms with Crippen molar-refractivity contribution in [3.63, 3.8) is 0 Å². The van der Waals surface area contributed by atoms with Crippen LogP contribution in [-0.4, -0.2) is 41.5 Å². The first-order valence-electron chi connectivity index (χ1n) is 10.8. The lowest BCUT2D eigenvalue weighted by molar-refractivity contribution is 0.0724. The molecule has 3 rings (SSSR count). The summed E-state index contributed by atoms with van der Waals surface area (Å²) in [6, 6.07) is 14.3. The number of piperidine rings is 1. The van der Waals surface area contributed by atoms with Gasteiger partial charge >= 0.3 is 0 Å². The van der Waals surface area contributed by atoms with Crippen LogP contribution in [0.25, 0.3) is 0 Å². The van der Waals surface area contributed by atoms with Gasteiger partial charge in [-0.25, -0.2) is 0 Å². The lowest BCUT2D eigenvalue weighted by Gasteiger charge is -2.26. The maximum atomic E-state index is 12.7. The Labute approximate surface area is 189 Å². The van der Waals surface area contributed by atoms with Gasteiger partial charge in [0.25, 0.3) is 11.8 Å². The minimum Gasteiger partial charge on any atom is -0.493 e. The van der Waals surface area contributed by atoms with Gasteiger partial charge < -0.3 is 15.0 Å². The van der Waals surface area contributed by atoms with E-state index >= 15 is 0 Å². The van der Waals surface area contributed by atoms with E-state index in [4.69, 9.17) is 17.0 Å². The molecule has 2 aromatic rings. The summed E-state index contributed by atoms with van der Waals surface area (Å²) in [5.41, 5.74) is 1.69. The molecule has 2 amide bonds. The molecule has 6 nitrogen and oxygen atoms in total. The monoisotopic (exact) mass is 439 g/mol. The third kappa shape index (κ3) is 6.52. The summed E-state index contributed by atoms with van der Waals surface area (Å²) < 4.78 is 5.73. The molecule has 1 aliphatic rings. The van der Waals surface area contributed by atoms with Crippen molar-refractivity contribution in [2.75, 3.05) is 25.0 Å². The van der Waals surface area contributed by atoms with Crippen molar-refractivity contribution in [2.24, 2.45) is 0 Å². The summed E-state index contributed by atoms with van der Waals surface area (Å²) in [5, 5.41) is 5.86. The first-order valence-corrected chi connectivity index (χ1v) is 11.2. The van der Waals surface area contributed by atoms with Crippen molar-refractivity contribution in [3.05, 3.63) is 59.7 Å². The number of rotatable bonds is 7. The zero-order chi connectivity index (χ0) is 22.1. The molecule has 164 valence electrons. The number of hydrogen-bond acceptors (Lipinski definition) is 4. The zero-order valence-electron chi connectivity index (χ0n) is 17.9. The summed E-state index contributed by atoms with van der Waals surface area (Å²) >= 11 is 5.32. The van der Waals surface area contributed by atoms with E-state index in [-0.39, 0.29) is 16.9 Å². The smallest absolute Gasteiger partial charge is 0.261 e. The molecule has 0 saturated carbocycles. The molecule has 0 aromatic heterocycles. The third-order valence-corrected chi connectivity index (χ3v) is 5.33. The molecular formula is C24H29N3O3S. The third-order valence-electron chi connectivity index (χ3n) is 5.12. The van der Waals surface area contributed by atoms with Gasteiger partial charge in [-0.3, -0.25) is 14.9 Å². The molecule has 31 heavy (non-hydrogen) atoms. The van der Waals surface area contributed by atoms with Gasteiger partial charge in [-0.05, 0) is 68.2 Å². The summed E-state index contributed by atoms with van der Waals surface area (Å²) in [7, 11) is 0. The SMILES string of the molecule is CCCCOc1ccccc1C(=O)NC(=S)Nc1cccc(C(=O)N2CCCCC2)c1. The number of carbonyl (C=O) groups is 2. The minimum absolute atomic E-state index is 0.0245. The quantitative estimate of drug-likeness (QED) is 0.487. The maximum absolute atomic E-state index is 12.7. The average molecular weight is 440 g/mol. The number of thiocarbonyl (C=S) groups is 1. The molecule has 1 fully saturated rings. The fourth-order valence-electron chi connectivity index (χ4n) is 3.45. The number of nitrogens with zero attached hydrogens (tertiary/aromatic N) is 1. The van der Waals surface area contributed by atoms with E-state index in [0.29, 0.717) is 29.2 Å². The van der Waals surface area contributed by atoms with Crippen molar-refractivity contribution in [1.29, 1.82) is 0 Å². The van der Waals surface area contributed by atoms with Crippen molar-refractivity contribution in [1.82, 2.24) is 10.2 Å². The number of para-hydroxylation sites is 1. The van der Waals surface area contributed by atoms with Gasteiger partial charge in [-0.15, -0.1) is 0 Å². The number of benzene rings is 2. The molecule has 0 atom stereocenters. The number of hydrogen-bond donors (Lipinski definition) is 2. The lowest BCUT2D eigenvalue weighted by Crippen LogP contribution is -2.36. The van der Waals surface area contributed by atoms with Crippen LogP contribution < -0.4 is 15.4 Å². The molecule has 1 heterocycles. The number of unbranched alkanes of at least 4 members (excludes halogenated alkanes) is 1. The maximum Gasteiger partial charge on any atom is 0.261 e. The lowest BCUT2D eigenvalue weighted by atomic mass is 10.1. The van der Waals surface area contributed by atoms with E-state index in [0.717, 1.165) is 38.8 Å². The number of nitrogens with one attached hydrogen (secondary N) is 2. The number of amides is 2. The van der Waals surface area contributed by atoms with Crippen LogP contribution in [0.5, 0.6) is 5.75 Å². The van der Waals surface area contributed by atoms with Crippen LogP contribution in [0.1, 0.15) is 59.7 Å². The van der Waals surface area contributed by atoms with Gasteiger partial charge in [0.1, 0.15) is 5.75 Å². The molecule has 0 bridgehead atoms. The Morgan fingerprint density at radius 1 is 1.06 bits per heavy atom. The summed E-state index contributed by atoms with van der Waals surface area (Å²) in [5.74, 6) is 0.215.